The number of para-hydroxylation sites is 1. The number of methoxy groups -OCH3 is 2. The summed E-state index contributed by atoms with van der Waals surface area (Å²) in [5, 5.41) is 6.88. The first-order chi connectivity index (χ1) is 14.7. The number of benzene rings is 3. The van der Waals surface area contributed by atoms with Gasteiger partial charge in [-0.15, -0.1) is 0 Å². The van der Waals surface area contributed by atoms with Gasteiger partial charge in [-0.25, -0.2) is 9.40 Å². The molecule has 0 N–H and O–H groups in total. The van der Waals surface area contributed by atoms with Crippen molar-refractivity contribution in [2.24, 2.45) is 5.10 Å². The molecule has 0 aromatic heterocycles. The number of ether oxygens (including phenoxy) is 3. The second kappa shape index (κ2) is 7.37. The van der Waals surface area contributed by atoms with Gasteiger partial charge >= 0.3 is 0 Å². The van der Waals surface area contributed by atoms with Crippen molar-refractivity contribution < 1.29 is 18.6 Å². The van der Waals surface area contributed by atoms with E-state index in [1.165, 1.54) is 12.1 Å². The van der Waals surface area contributed by atoms with Gasteiger partial charge in [-0.2, -0.15) is 5.10 Å². The van der Waals surface area contributed by atoms with E-state index in [1.807, 2.05) is 47.5 Å². The summed E-state index contributed by atoms with van der Waals surface area (Å²) < 4.78 is 30.7. The standard InChI is InChI=1S/C24H21FN2O3/c1-28-18-12-8-16(9-13-18)24-27-21(19-4-3-5-22(29-2)23(19)30-24)14-20(26-27)15-6-10-17(25)11-7-15/h3-13,21,24H,14H2,1-2H3. The number of rotatable bonds is 4. The molecule has 30 heavy (non-hydrogen) atoms. The van der Waals surface area contributed by atoms with Crippen molar-refractivity contribution >= 4 is 5.71 Å². The molecule has 5 nitrogen and oxygen atoms in total. The maximum Gasteiger partial charge on any atom is 0.214 e. The highest BCUT2D eigenvalue weighted by atomic mass is 19.1. The van der Waals surface area contributed by atoms with E-state index in [9.17, 15) is 4.39 Å². The Morgan fingerprint density at radius 3 is 2.43 bits per heavy atom. The molecule has 2 aliphatic rings. The summed E-state index contributed by atoms with van der Waals surface area (Å²) in [6.45, 7) is 0. The highest BCUT2D eigenvalue weighted by molar-refractivity contribution is 6.02. The number of hydrogen-bond donors (Lipinski definition) is 0. The van der Waals surface area contributed by atoms with Crippen LogP contribution in [0.15, 0.2) is 71.8 Å². The minimum atomic E-state index is -0.414. The SMILES string of the molecule is COc1ccc(C2Oc3c(OC)cccc3C3CC(c4ccc(F)cc4)=NN32)cc1. The van der Waals surface area contributed by atoms with Crippen LogP contribution in [0.25, 0.3) is 0 Å². The van der Waals surface area contributed by atoms with Gasteiger partial charge in [0.15, 0.2) is 11.5 Å². The molecule has 0 saturated carbocycles. The average molecular weight is 404 g/mol. The van der Waals surface area contributed by atoms with Gasteiger partial charge in [0.1, 0.15) is 11.6 Å². The minimum Gasteiger partial charge on any atom is -0.497 e. The van der Waals surface area contributed by atoms with E-state index in [0.29, 0.717) is 12.2 Å². The molecule has 2 heterocycles. The fourth-order valence-electron chi connectivity index (χ4n) is 4.05. The predicted molar refractivity (Wildman–Crippen MR) is 111 cm³/mol. The second-order valence-electron chi connectivity index (χ2n) is 7.28. The highest BCUT2D eigenvalue weighted by Gasteiger charge is 2.42. The molecular formula is C24H21FN2O3. The predicted octanol–water partition coefficient (Wildman–Crippen LogP) is 5.09. The lowest BCUT2D eigenvalue weighted by Gasteiger charge is -2.38. The van der Waals surface area contributed by atoms with Crippen LogP contribution in [0.3, 0.4) is 0 Å². The van der Waals surface area contributed by atoms with Gasteiger partial charge in [0.05, 0.1) is 26.0 Å². The van der Waals surface area contributed by atoms with Crippen LogP contribution >= 0.6 is 0 Å². The van der Waals surface area contributed by atoms with Crippen LogP contribution in [0.4, 0.5) is 4.39 Å². The molecule has 0 fully saturated rings. The zero-order chi connectivity index (χ0) is 20.7. The Labute approximate surface area is 174 Å². The molecular weight excluding hydrogens is 383 g/mol. The number of hydrogen-bond acceptors (Lipinski definition) is 5. The lowest BCUT2D eigenvalue weighted by Crippen LogP contribution is -2.33. The van der Waals surface area contributed by atoms with Crippen LogP contribution in [0.1, 0.15) is 35.4 Å². The fourth-order valence-corrected chi connectivity index (χ4v) is 4.05. The zero-order valence-corrected chi connectivity index (χ0v) is 16.7. The lowest BCUT2D eigenvalue weighted by atomic mass is 9.95. The number of hydrazone groups is 1. The zero-order valence-electron chi connectivity index (χ0n) is 16.7. The summed E-state index contributed by atoms with van der Waals surface area (Å²) in [7, 11) is 3.28. The molecule has 152 valence electrons. The van der Waals surface area contributed by atoms with Crippen LogP contribution < -0.4 is 14.2 Å². The summed E-state index contributed by atoms with van der Waals surface area (Å²) in [5.74, 6) is 1.95. The first-order valence-corrected chi connectivity index (χ1v) is 9.77. The van der Waals surface area contributed by atoms with E-state index >= 15 is 0 Å². The van der Waals surface area contributed by atoms with E-state index < -0.39 is 6.23 Å². The van der Waals surface area contributed by atoms with Crippen molar-refractivity contribution in [3.63, 3.8) is 0 Å². The van der Waals surface area contributed by atoms with Gasteiger partial charge < -0.3 is 14.2 Å². The molecule has 2 aliphatic heterocycles. The fraction of sp³-hybridized carbons (Fsp3) is 0.208. The summed E-state index contributed by atoms with van der Waals surface area (Å²) in [6, 6.07) is 20.1. The molecule has 0 bridgehead atoms. The Hall–Kier alpha value is -3.54. The monoisotopic (exact) mass is 404 g/mol. The number of nitrogens with zero attached hydrogens (tertiary/aromatic N) is 2. The van der Waals surface area contributed by atoms with Gasteiger partial charge in [0.2, 0.25) is 6.23 Å². The third kappa shape index (κ3) is 3.05. The van der Waals surface area contributed by atoms with Crippen molar-refractivity contribution in [2.45, 2.75) is 18.7 Å². The molecule has 0 spiro atoms. The van der Waals surface area contributed by atoms with Crippen LogP contribution in [0.5, 0.6) is 17.2 Å². The van der Waals surface area contributed by atoms with Gasteiger partial charge in [-0.3, -0.25) is 0 Å². The van der Waals surface area contributed by atoms with E-state index in [-0.39, 0.29) is 11.9 Å². The topological polar surface area (TPSA) is 43.3 Å². The minimum absolute atomic E-state index is 0.00370. The Morgan fingerprint density at radius 2 is 1.73 bits per heavy atom. The lowest BCUT2D eigenvalue weighted by molar-refractivity contribution is -0.0209. The van der Waals surface area contributed by atoms with Crippen molar-refractivity contribution in [2.75, 3.05) is 14.2 Å². The van der Waals surface area contributed by atoms with E-state index in [1.54, 1.807) is 26.4 Å². The maximum atomic E-state index is 13.4. The quantitative estimate of drug-likeness (QED) is 0.608. The third-order valence-electron chi connectivity index (χ3n) is 5.58. The highest BCUT2D eigenvalue weighted by Crippen LogP contribution is 2.50. The average Bonchev–Trinajstić information content (AvgIpc) is 3.24. The van der Waals surface area contributed by atoms with E-state index in [4.69, 9.17) is 19.3 Å². The first kappa shape index (κ1) is 18.5. The van der Waals surface area contributed by atoms with E-state index in [2.05, 4.69) is 0 Å². The van der Waals surface area contributed by atoms with Crippen LogP contribution in [0.2, 0.25) is 0 Å². The Bertz CT molecular complexity index is 1100. The molecule has 2 unspecified atom stereocenters. The summed E-state index contributed by atoms with van der Waals surface area (Å²) >= 11 is 0. The van der Waals surface area contributed by atoms with E-state index in [0.717, 1.165) is 33.9 Å². The summed E-state index contributed by atoms with van der Waals surface area (Å²) in [4.78, 5) is 0. The van der Waals surface area contributed by atoms with Crippen molar-refractivity contribution in [1.29, 1.82) is 0 Å². The van der Waals surface area contributed by atoms with Gasteiger partial charge in [0.25, 0.3) is 0 Å². The Balaban J connectivity index is 1.59. The van der Waals surface area contributed by atoms with Crippen LogP contribution in [-0.4, -0.2) is 24.9 Å². The maximum absolute atomic E-state index is 13.4. The van der Waals surface area contributed by atoms with Gasteiger partial charge in [0, 0.05) is 17.5 Å². The largest absolute Gasteiger partial charge is 0.497 e. The van der Waals surface area contributed by atoms with Gasteiger partial charge in [-0.1, -0.05) is 24.3 Å². The molecule has 0 saturated heterocycles. The molecule has 0 radical (unpaired) electrons. The number of halogens is 1. The van der Waals surface area contributed by atoms with Crippen molar-refractivity contribution in [3.05, 3.63) is 89.2 Å². The van der Waals surface area contributed by atoms with Crippen LogP contribution in [0, 0.1) is 5.82 Å². The Kier molecular flexibility index (Phi) is 4.54. The molecule has 5 rings (SSSR count). The normalized spacial score (nSPS) is 19.4. The molecule has 3 aromatic carbocycles. The molecule has 0 aliphatic carbocycles. The molecule has 3 aromatic rings. The van der Waals surface area contributed by atoms with Crippen LogP contribution in [-0.2, 0) is 0 Å². The second-order valence-corrected chi connectivity index (χ2v) is 7.28. The summed E-state index contributed by atoms with van der Waals surface area (Å²) in [6.07, 6.45) is 0.282. The van der Waals surface area contributed by atoms with Crippen molar-refractivity contribution in [1.82, 2.24) is 5.01 Å². The Morgan fingerprint density at radius 1 is 0.967 bits per heavy atom. The third-order valence-corrected chi connectivity index (χ3v) is 5.58. The smallest absolute Gasteiger partial charge is 0.214 e. The molecule has 2 atom stereocenters. The molecule has 0 amide bonds. The first-order valence-electron chi connectivity index (χ1n) is 9.77. The number of fused-ring (bicyclic) bond motifs is 3. The molecule has 6 heteroatoms. The summed E-state index contributed by atoms with van der Waals surface area (Å²) in [5.41, 5.74) is 3.79. The van der Waals surface area contributed by atoms with Gasteiger partial charge in [-0.05, 0) is 48.0 Å². The van der Waals surface area contributed by atoms with Crippen molar-refractivity contribution in [3.8, 4) is 17.2 Å².